The lowest BCUT2D eigenvalue weighted by Crippen LogP contribution is -2.23. The molecule has 0 bridgehead atoms. The third-order valence-electron chi connectivity index (χ3n) is 3.36. The molecule has 3 rings (SSSR count). The Morgan fingerprint density at radius 2 is 2.00 bits per heavy atom. The van der Waals surface area contributed by atoms with E-state index < -0.39 is 11.8 Å². The number of hydrogen-bond acceptors (Lipinski definition) is 4. The van der Waals surface area contributed by atoms with Crippen LogP contribution in [0.3, 0.4) is 0 Å². The average Bonchev–Trinajstić information content (AvgIpc) is 2.57. The minimum Gasteiger partial charge on any atom is -0.460 e. The van der Waals surface area contributed by atoms with E-state index in [1.54, 1.807) is 24.3 Å². The predicted molar refractivity (Wildman–Crippen MR) is 82.7 cm³/mol. The van der Waals surface area contributed by atoms with E-state index in [2.05, 4.69) is 4.98 Å². The van der Waals surface area contributed by atoms with Crippen LogP contribution in [0.15, 0.2) is 59.7 Å². The normalized spacial score (nSPS) is 10.7. The number of nitrogens with zero attached hydrogens (tertiary/aromatic N) is 2. The highest BCUT2D eigenvalue weighted by molar-refractivity contribution is 5.89. The molecule has 1 aromatic heterocycles. The van der Waals surface area contributed by atoms with Crippen LogP contribution in [-0.2, 0) is 11.3 Å². The summed E-state index contributed by atoms with van der Waals surface area (Å²) in [7, 11) is 0. The minimum atomic E-state index is -0.633. The van der Waals surface area contributed by atoms with Gasteiger partial charge in [-0.15, -0.1) is 0 Å². The van der Waals surface area contributed by atoms with Crippen molar-refractivity contribution < 1.29 is 13.9 Å². The number of esters is 1. The molecule has 3 aromatic rings. The van der Waals surface area contributed by atoms with Crippen molar-refractivity contribution in [1.29, 1.82) is 0 Å². The molecule has 0 radical (unpaired) electrons. The molecule has 0 N–H and O–H groups in total. The number of benzene rings is 2. The number of rotatable bonds is 4. The summed E-state index contributed by atoms with van der Waals surface area (Å²) in [6.07, 6.45) is 1.42. The highest BCUT2D eigenvalue weighted by atomic mass is 19.1. The number of fused-ring (bicyclic) bond motifs is 1. The molecule has 0 atom stereocenters. The molecule has 0 aliphatic carbocycles. The molecule has 0 saturated heterocycles. The van der Waals surface area contributed by atoms with Crippen LogP contribution in [0.5, 0.6) is 0 Å². The van der Waals surface area contributed by atoms with Crippen LogP contribution < -0.4 is 5.56 Å². The van der Waals surface area contributed by atoms with E-state index in [1.165, 1.54) is 29.1 Å². The van der Waals surface area contributed by atoms with E-state index in [1.807, 2.05) is 0 Å². The molecule has 0 unspecified atom stereocenters. The molecule has 1 heterocycles. The Balaban J connectivity index is 1.68. The number of carbonyl (C=O) groups excluding carboxylic acids is 1. The zero-order valence-electron chi connectivity index (χ0n) is 12.1. The van der Waals surface area contributed by atoms with Crippen molar-refractivity contribution in [3.63, 3.8) is 0 Å². The first kappa shape index (κ1) is 14.9. The third kappa shape index (κ3) is 3.26. The second kappa shape index (κ2) is 6.39. The number of hydrogen-bond donors (Lipinski definition) is 0. The first-order valence-electron chi connectivity index (χ1n) is 7.02. The fourth-order valence-electron chi connectivity index (χ4n) is 2.20. The number of aromatic nitrogens is 2. The van der Waals surface area contributed by atoms with Gasteiger partial charge >= 0.3 is 5.97 Å². The molecule has 6 heteroatoms. The van der Waals surface area contributed by atoms with Crippen LogP contribution >= 0.6 is 0 Å². The van der Waals surface area contributed by atoms with Gasteiger partial charge in [0.2, 0.25) is 0 Å². The van der Waals surface area contributed by atoms with Gasteiger partial charge in [0.15, 0.2) is 0 Å². The summed E-state index contributed by atoms with van der Waals surface area (Å²) in [6.45, 7) is 0.174. The monoisotopic (exact) mass is 312 g/mol. The molecule has 23 heavy (non-hydrogen) atoms. The first-order valence-corrected chi connectivity index (χ1v) is 7.02. The van der Waals surface area contributed by atoms with Crippen molar-refractivity contribution >= 4 is 16.9 Å². The molecule has 0 saturated carbocycles. The smallest absolute Gasteiger partial charge is 0.338 e. The highest BCUT2D eigenvalue weighted by Crippen LogP contribution is 2.06. The Bertz CT molecular complexity index is 921. The van der Waals surface area contributed by atoms with E-state index >= 15 is 0 Å². The molecule has 116 valence electrons. The molecule has 0 aliphatic rings. The summed E-state index contributed by atoms with van der Waals surface area (Å²) >= 11 is 0. The maximum absolute atomic E-state index is 13.1. The van der Waals surface area contributed by atoms with Gasteiger partial charge in [0.25, 0.3) is 5.56 Å². The van der Waals surface area contributed by atoms with Crippen molar-refractivity contribution in [1.82, 2.24) is 9.55 Å². The molecule has 2 aromatic carbocycles. The first-order chi connectivity index (χ1) is 11.1. The number of para-hydroxylation sites is 1. The summed E-state index contributed by atoms with van der Waals surface area (Å²) in [5, 5.41) is 0.506. The topological polar surface area (TPSA) is 61.2 Å². The van der Waals surface area contributed by atoms with Crippen LogP contribution in [0.2, 0.25) is 0 Å². The molecular weight excluding hydrogens is 299 g/mol. The van der Waals surface area contributed by atoms with Crippen LogP contribution in [0, 0.1) is 5.82 Å². The number of halogens is 1. The summed E-state index contributed by atoms with van der Waals surface area (Å²) in [5.74, 6) is -1.14. The van der Waals surface area contributed by atoms with Gasteiger partial charge in [-0.25, -0.2) is 14.2 Å². The lowest BCUT2D eigenvalue weighted by Gasteiger charge is -2.08. The van der Waals surface area contributed by atoms with Gasteiger partial charge in [0.1, 0.15) is 12.4 Å². The van der Waals surface area contributed by atoms with Gasteiger partial charge in [-0.05, 0) is 30.3 Å². The Kier molecular flexibility index (Phi) is 4.14. The van der Waals surface area contributed by atoms with Gasteiger partial charge in [0, 0.05) is 0 Å². The third-order valence-corrected chi connectivity index (χ3v) is 3.36. The SMILES string of the molecule is O=C(OCCn1cnc2ccccc2c1=O)c1cccc(F)c1. The fourth-order valence-corrected chi connectivity index (χ4v) is 2.20. The van der Waals surface area contributed by atoms with Crippen molar-refractivity contribution in [2.45, 2.75) is 6.54 Å². The highest BCUT2D eigenvalue weighted by Gasteiger charge is 2.09. The molecule has 0 aliphatic heterocycles. The van der Waals surface area contributed by atoms with E-state index in [4.69, 9.17) is 4.74 Å². The van der Waals surface area contributed by atoms with E-state index in [9.17, 15) is 14.0 Å². The lowest BCUT2D eigenvalue weighted by molar-refractivity contribution is 0.0489. The van der Waals surface area contributed by atoms with Crippen molar-refractivity contribution in [2.75, 3.05) is 6.61 Å². The molecule has 0 fully saturated rings. The zero-order chi connectivity index (χ0) is 16.2. The van der Waals surface area contributed by atoms with Gasteiger partial charge in [-0.3, -0.25) is 9.36 Å². The average molecular weight is 312 g/mol. The maximum Gasteiger partial charge on any atom is 0.338 e. The quantitative estimate of drug-likeness (QED) is 0.694. The Labute approximate surface area is 131 Å². The molecule has 0 amide bonds. The minimum absolute atomic E-state index is 0.00469. The Morgan fingerprint density at radius 3 is 2.83 bits per heavy atom. The van der Waals surface area contributed by atoms with E-state index in [0.717, 1.165) is 6.07 Å². The second-order valence-corrected chi connectivity index (χ2v) is 4.91. The van der Waals surface area contributed by atoms with E-state index in [0.29, 0.717) is 10.9 Å². The number of ether oxygens (including phenoxy) is 1. The second-order valence-electron chi connectivity index (χ2n) is 4.91. The maximum atomic E-state index is 13.1. The molecular formula is C17H13FN2O3. The van der Waals surface area contributed by atoms with E-state index in [-0.39, 0.29) is 24.3 Å². The van der Waals surface area contributed by atoms with Crippen molar-refractivity contribution in [3.8, 4) is 0 Å². The van der Waals surface area contributed by atoms with Gasteiger partial charge in [-0.2, -0.15) is 0 Å². The molecule has 5 nitrogen and oxygen atoms in total. The summed E-state index contributed by atoms with van der Waals surface area (Å²) in [6, 6.07) is 12.3. The van der Waals surface area contributed by atoms with Crippen LogP contribution in [0.25, 0.3) is 10.9 Å². The fraction of sp³-hybridized carbons (Fsp3) is 0.118. The standard InChI is InChI=1S/C17H13FN2O3/c18-13-5-3-4-12(10-13)17(22)23-9-8-20-11-19-15-7-2-1-6-14(15)16(20)21/h1-7,10-11H,8-9H2. The lowest BCUT2D eigenvalue weighted by atomic mass is 10.2. The predicted octanol–water partition coefficient (Wildman–Crippen LogP) is 2.39. The van der Waals surface area contributed by atoms with Crippen molar-refractivity contribution in [2.24, 2.45) is 0 Å². The van der Waals surface area contributed by atoms with Crippen LogP contribution in [0.1, 0.15) is 10.4 Å². The summed E-state index contributed by atoms with van der Waals surface area (Å²) < 4.78 is 19.5. The van der Waals surface area contributed by atoms with Gasteiger partial charge < -0.3 is 4.74 Å². The van der Waals surface area contributed by atoms with Crippen molar-refractivity contribution in [3.05, 3.63) is 76.6 Å². The van der Waals surface area contributed by atoms with Gasteiger partial charge in [-0.1, -0.05) is 18.2 Å². The number of carbonyl (C=O) groups is 1. The zero-order valence-corrected chi connectivity index (χ0v) is 12.1. The summed E-state index contributed by atoms with van der Waals surface area (Å²) in [5.41, 5.74) is 0.553. The molecule has 0 spiro atoms. The summed E-state index contributed by atoms with van der Waals surface area (Å²) in [4.78, 5) is 28.2. The van der Waals surface area contributed by atoms with Gasteiger partial charge in [0.05, 0.1) is 29.3 Å². The van der Waals surface area contributed by atoms with Crippen LogP contribution in [0.4, 0.5) is 4.39 Å². The van der Waals surface area contributed by atoms with Crippen LogP contribution in [-0.4, -0.2) is 22.1 Å². The largest absolute Gasteiger partial charge is 0.460 e. The Morgan fingerprint density at radius 1 is 1.17 bits per heavy atom. The Hall–Kier alpha value is -3.02.